The Morgan fingerprint density at radius 1 is 1.42 bits per heavy atom. The minimum absolute atomic E-state index is 0.400. The number of rotatable bonds is 5. The van der Waals surface area contributed by atoms with Gasteiger partial charge in [-0.25, -0.2) is 0 Å². The second kappa shape index (κ2) is 6.69. The van der Waals surface area contributed by atoms with Gasteiger partial charge in [0.25, 0.3) is 0 Å². The number of nitrogens with two attached hydrogens (primary N) is 1. The van der Waals surface area contributed by atoms with Crippen molar-refractivity contribution < 1.29 is 0 Å². The van der Waals surface area contributed by atoms with Crippen molar-refractivity contribution in [1.82, 2.24) is 4.90 Å². The molecule has 0 aliphatic heterocycles. The van der Waals surface area contributed by atoms with E-state index in [-0.39, 0.29) is 0 Å². The van der Waals surface area contributed by atoms with Gasteiger partial charge in [0.05, 0.1) is 0 Å². The van der Waals surface area contributed by atoms with E-state index in [1.165, 1.54) is 25.7 Å². The van der Waals surface area contributed by atoms with Crippen LogP contribution in [0.4, 0.5) is 0 Å². The van der Waals surface area contributed by atoms with Gasteiger partial charge in [0, 0.05) is 23.2 Å². The van der Waals surface area contributed by atoms with Crippen LogP contribution in [-0.2, 0) is 6.54 Å². The third-order valence-corrected chi connectivity index (χ3v) is 4.55. The van der Waals surface area contributed by atoms with Gasteiger partial charge in [-0.15, -0.1) is 0 Å². The molecule has 0 atom stereocenters. The van der Waals surface area contributed by atoms with Gasteiger partial charge in [0.2, 0.25) is 0 Å². The van der Waals surface area contributed by atoms with Crippen LogP contribution in [-0.4, -0.2) is 22.5 Å². The van der Waals surface area contributed by atoms with Gasteiger partial charge in [-0.3, -0.25) is 4.90 Å². The largest absolute Gasteiger partial charge is 0.389 e. The fraction of sp³-hybridized carbons (Fsp3) is 0.533. The van der Waals surface area contributed by atoms with Crippen LogP contribution < -0.4 is 5.73 Å². The van der Waals surface area contributed by atoms with E-state index in [9.17, 15) is 0 Å². The standard InChI is InChI=1S/C15H21ClN2S/c1-2-18(13-5-3-4-6-13)10-12-8-7-11(15(17)19)9-14(12)16/h7-9,13H,2-6,10H2,1H3,(H2,17,19). The average molecular weight is 297 g/mol. The lowest BCUT2D eigenvalue weighted by atomic mass is 10.1. The van der Waals surface area contributed by atoms with Crippen LogP contribution in [0.3, 0.4) is 0 Å². The summed E-state index contributed by atoms with van der Waals surface area (Å²) >= 11 is 11.3. The summed E-state index contributed by atoms with van der Waals surface area (Å²) < 4.78 is 0. The Labute approximate surface area is 125 Å². The maximum absolute atomic E-state index is 6.34. The third kappa shape index (κ3) is 3.68. The molecule has 104 valence electrons. The Morgan fingerprint density at radius 3 is 2.63 bits per heavy atom. The van der Waals surface area contributed by atoms with Crippen LogP contribution in [0.25, 0.3) is 0 Å². The first-order chi connectivity index (χ1) is 9.11. The lowest BCUT2D eigenvalue weighted by Crippen LogP contribution is -2.32. The van der Waals surface area contributed by atoms with Crippen LogP contribution >= 0.6 is 23.8 Å². The monoisotopic (exact) mass is 296 g/mol. The summed E-state index contributed by atoms with van der Waals surface area (Å²) in [5.41, 5.74) is 7.62. The molecule has 0 radical (unpaired) electrons. The summed E-state index contributed by atoms with van der Waals surface area (Å²) in [6.07, 6.45) is 5.34. The minimum atomic E-state index is 0.400. The van der Waals surface area contributed by atoms with Crippen molar-refractivity contribution in [3.05, 3.63) is 34.3 Å². The number of nitrogens with zero attached hydrogens (tertiary/aromatic N) is 1. The molecule has 1 aliphatic rings. The van der Waals surface area contributed by atoms with Crippen molar-refractivity contribution in [3.8, 4) is 0 Å². The molecular weight excluding hydrogens is 276 g/mol. The Balaban J connectivity index is 2.10. The highest BCUT2D eigenvalue weighted by Gasteiger charge is 2.21. The van der Waals surface area contributed by atoms with Crippen molar-refractivity contribution in [2.24, 2.45) is 5.73 Å². The quantitative estimate of drug-likeness (QED) is 0.839. The lowest BCUT2D eigenvalue weighted by Gasteiger charge is -2.27. The van der Waals surface area contributed by atoms with Gasteiger partial charge in [0.15, 0.2) is 0 Å². The Morgan fingerprint density at radius 2 is 2.11 bits per heavy atom. The highest BCUT2D eigenvalue weighted by Crippen LogP contribution is 2.27. The van der Waals surface area contributed by atoms with Crippen LogP contribution in [0, 0.1) is 0 Å². The van der Waals surface area contributed by atoms with Gasteiger partial charge >= 0.3 is 0 Å². The second-order valence-corrected chi connectivity index (χ2v) is 6.02. The van der Waals surface area contributed by atoms with E-state index >= 15 is 0 Å². The van der Waals surface area contributed by atoms with Gasteiger partial charge < -0.3 is 5.73 Å². The zero-order valence-corrected chi connectivity index (χ0v) is 12.9. The predicted molar refractivity (Wildman–Crippen MR) is 85.7 cm³/mol. The highest BCUT2D eigenvalue weighted by molar-refractivity contribution is 7.80. The Hall–Kier alpha value is -0.640. The first kappa shape index (κ1) is 14.8. The van der Waals surface area contributed by atoms with E-state index in [0.29, 0.717) is 4.99 Å². The molecule has 2 rings (SSSR count). The topological polar surface area (TPSA) is 29.3 Å². The van der Waals surface area contributed by atoms with Gasteiger partial charge in [0.1, 0.15) is 4.99 Å². The molecule has 1 saturated carbocycles. The number of benzene rings is 1. The van der Waals surface area contributed by atoms with E-state index in [2.05, 4.69) is 17.9 Å². The van der Waals surface area contributed by atoms with Crippen LogP contribution in [0.5, 0.6) is 0 Å². The fourth-order valence-electron chi connectivity index (χ4n) is 2.82. The maximum atomic E-state index is 6.34. The number of halogens is 1. The van der Waals surface area contributed by atoms with Crippen molar-refractivity contribution in [2.75, 3.05) is 6.54 Å². The molecule has 0 spiro atoms. The molecule has 1 fully saturated rings. The molecule has 0 unspecified atom stereocenters. The Bertz CT molecular complexity index is 455. The number of thiocarbonyl (C=S) groups is 1. The first-order valence-corrected chi connectivity index (χ1v) is 7.72. The first-order valence-electron chi connectivity index (χ1n) is 6.94. The molecule has 0 amide bonds. The van der Waals surface area contributed by atoms with E-state index < -0.39 is 0 Å². The molecule has 19 heavy (non-hydrogen) atoms. The number of hydrogen-bond acceptors (Lipinski definition) is 2. The fourth-order valence-corrected chi connectivity index (χ4v) is 3.18. The normalized spacial score (nSPS) is 16.2. The van der Waals surface area contributed by atoms with Crippen molar-refractivity contribution >= 4 is 28.8 Å². The van der Waals surface area contributed by atoms with Crippen molar-refractivity contribution in [1.29, 1.82) is 0 Å². The summed E-state index contributed by atoms with van der Waals surface area (Å²) in [4.78, 5) is 2.92. The van der Waals surface area contributed by atoms with E-state index in [1.807, 2.05) is 12.1 Å². The Kier molecular flexibility index (Phi) is 5.20. The zero-order chi connectivity index (χ0) is 13.8. The molecule has 2 N–H and O–H groups in total. The molecule has 1 aliphatic carbocycles. The molecule has 0 aromatic heterocycles. The molecular formula is C15H21ClN2S. The molecule has 4 heteroatoms. The van der Waals surface area contributed by atoms with E-state index in [0.717, 1.165) is 35.3 Å². The smallest absolute Gasteiger partial charge is 0.104 e. The molecule has 0 bridgehead atoms. The zero-order valence-electron chi connectivity index (χ0n) is 11.4. The van der Waals surface area contributed by atoms with Crippen LogP contribution in [0.1, 0.15) is 43.7 Å². The maximum Gasteiger partial charge on any atom is 0.104 e. The van der Waals surface area contributed by atoms with Crippen molar-refractivity contribution in [2.45, 2.75) is 45.2 Å². The lowest BCUT2D eigenvalue weighted by molar-refractivity contribution is 0.200. The summed E-state index contributed by atoms with van der Waals surface area (Å²) in [7, 11) is 0. The SMILES string of the molecule is CCN(Cc1ccc(C(N)=S)cc1Cl)C1CCCC1. The van der Waals surface area contributed by atoms with Gasteiger partial charge in [-0.1, -0.05) is 55.7 Å². The summed E-state index contributed by atoms with van der Waals surface area (Å²) in [6, 6.07) is 6.61. The predicted octanol–water partition coefficient (Wildman–Crippen LogP) is 3.74. The molecule has 0 heterocycles. The summed E-state index contributed by atoms with van der Waals surface area (Å²) in [6.45, 7) is 4.20. The van der Waals surface area contributed by atoms with E-state index in [1.54, 1.807) is 0 Å². The number of hydrogen-bond donors (Lipinski definition) is 1. The average Bonchev–Trinajstić information content (AvgIpc) is 2.91. The third-order valence-electron chi connectivity index (χ3n) is 3.96. The van der Waals surface area contributed by atoms with Crippen LogP contribution in [0.15, 0.2) is 18.2 Å². The molecule has 0 saturated heterocycles. The summed E-state index contributed by atoms with van der Waals surface area (Å²) in [5, 5.41) is 0.766. The van der Waals surface area contributed by atoms with Gasteiger partial charge in [-0.2, -0.15) is 0 Å². The highest BCUT2D eigenvalue weighted by atomic mass is 35.5. The van der Waals surface area contributed by atoms with Gasteiger partial charge in [-0.05, 0) is 31.0 Å². The molecule has 2 nitrogen and oxygen atoms in total. The second-order valence-electron chi connectivity index (χ2n) is 5.17. The van der Waals surface area contributed by atoms with Crippen LogP contribution in [0.2, 0.25) is 5.02 Å². The minimum Gasteiger partial charge on any atom is -0.389 e. The van der Waals surface area contributed by atoms with E-state index in [4.69, 9.17) is 29.6 Å². The molecule has 1 aromatic rings. The molecule has 1 aromatic carbocycles. The summed E-state index contributed by atoms with van der Waals surface area (Å²) in [5.74, 6) is 0. The van der Waals surface area contributed by atoms with Crippen molar-refractivity contribution in [3.63, 3.8) is 0 Å².